The average Bonchev–Trinajstić information content (AvgIpc) is 3.47. The third-order valence-electron chi connectivity index (χ3n) is 5.28. The van der Waals surface area contributed by atoms with Crippen molar-refractivity contribution >= 4 is 44.5 Å². The van der Waals surface area contributed by atoms with E-state index in [9.17, 15) is 14.4 Å². The molecule has 0 saturated carbocycles. The van der Waals surface area contributed by atoms with Crippen molar-refractivity contribution in [3.8, 4) is 0 Å². The molecule has 3 heterocycles. The number of likely N-dealkylation sites (tertiary alicyclic amines) is 1. The molecule has 0 bridgehead atoms. The standard InChI is InChI=1S/C22H23N3O5S/c1-2-25(22-23-17-7-3-4-8-18(17)31-22)19(26)14-30-21(28)15-6-5-10-24(12-15)20(27)16-9-11-29-13-16/h3-4,7-9,11,13,15H,2,5-6,10,12,14H2,1H3/t15-/m1/s1. The van der Waals surface area contributed by atoms with Crippen molar-refractivity contribution in [1.82, 2.24) is 9.88 Å². The fourth-order valence-electron chi connectivity index (χ4n) is 3.65. The van der Waals surface area contributed by atoms with Crippen LogP contribution in [0.25, 0.3) is 10.2 Å². The minimum absolute atomic E-state index is 0.171. The Morgan fingerprint density at radius 3 is 2.87 bits per heavy atom. The van der Waals surface area contributed by atoms with Crippen molar-refractivity contribution in [2.45, 2.75) is 19.8 Å². The van der Waals surface area contributed by atoms with Gasteiger partial charge in [0.15, 0.2) is 11.7 Å². The van der Waals surface area contributed by atoms with E-state index in [0.29, 0.717) is 36.6 Å². The van der Waals surface area contributed by atoms with Gasteiger partial charge >= 0.3 is 5.97 Å². The number of piperidine rings is 1. The predicted octanol–water partition coefficient (Wildman–Crippen LogP) is 3.34. The highest BCUT2D eigenvalue weighted by Gasteiger charge is 2.31. The van der Waals surface area contributed by atoms with E-state index in [0.717, 1.165) is 10.2 Å². The van der Waals surface area contributed by atoms with Crippen molar-refractivity contribution in [3.63, 3.8) is 0 Å². The van der Waals surface area contributed by atoms with Crippen LogP contribution in [-0.2, 0) is 14.3 Å². The van der Waals surface area contributed by atoms with Crippen LogP contribution in [-0.4, -0.2) is 53.9 Å². The number of rotatable bonds is 6. The van der Waals surface area contributed by atoms with Gasteiger partial charge in [0.2, 0.25) is 0 Å². The van der Waals surface area contributed by atoms with Crippen LogP contribution >= 0.6 is 11.3 Å². The fraction of sp³-hybridized carbons (Fsp3) is 0.364. The third kappa shape index (κ3) is 4.61. The van der Waals surface area contributed by atoms with Crippen LogP contribution in [0.4, 0.5) is 5.13 Å². The summed E-state index contributed by atoms with van der Waals surface area (Å²) >= 11 is 1.42. The zero-order valence-electron chi connectivity index (χ0n) is 17.2. The Bertz CT molecular complexity index is 1040. The fourth-order valence-corrected chi connectivity index (χ4v) is 4.69. The number of carbonyl (C=O) groups is 3. The highest BCUT2D eigenvalue weighted by atomic mass is 32.1. The first-order valence-corrected chi connectivity index (χ1v) is 11.0. The highest BCUT2D eigenvalue weighted by molar-refractivity contribution is 7.22. The van der Waals surface area contributed by atoms with E-state index in [4.69, 9.17) is 9.15 Å². The number of para-hydroxylation sites is 1. The molecule has 1 fully saturated rings. The lowest BCUT2D eigenvalue weighted by Gasteiger charge is -2.31. The number of furan rings is 1. The number of hydrogen-bond donors (Lipinski definition) is 0. The number of aromatic nitrogens is 1. The van der Waals surface area contributed by atoms with E-state index >= 15 is 0 Å². The van der Waals surface area contributed by atoms with Crippen LogP contribution in [0.1, 0.15) is 30.1 Å². The van der Waals surface area contributed by atoms with E-state index in [1.54, 1.807) is 11.0 Å². The number of thiazole rings is 1. The van der Waals surface area contributed by atoms with Gasteiger partial charge in [0, 0.05) is 19.6 Å². The van der Waals surface area contributed by atoms with E-state index < -0.39 is 11.9 Å². The molecule has 1 aliphatic rings. The van der Waals surface area contributed by atoms with Crippen molar-refractivity contribution in [2.24, 2.45) is 5.92 Å². The van der Waals surface area contributed by atoms with Crippen LogP contribution in [0, 0.1) is 5.92 Å². The summed E-state index contributed by atoms with van der Waals surface area (Å²) in [6.45, 7) is 2.77. The van der Waals surface area contributed by atoms with Gasteiger partial charge in [-0.25, -0.2) is 4.98 Å². The molecule has 0 N–H and O–H groups in total. The number of fused-ring (bicyclic) bond motifs is 1. The van der Waals surface area contributed by atoms with E-state index in [1.165, 1.54) is 28.8 Å². The van der Waals surface area contributed by atoms with Crippen LogP contribution < -0.4 is 4.90 Å². The second-order valence-corrected chi connectivity index (χ2v) is 8.32. The zero-order valence-corrected chi connectivity index (χ0v) is 18.0. The molecule has 1 aliphatic heterocycles. The first-order valence-electron chi connectivity index (χ1n) is 10.2. The Balaban J connectivity index is 1.34. The van der Waals surface area contributed by atoms with E-state index in [1.807, 2.05) is 31.2 Å². The number of carbonyl (C=O) groups excluding carboxylic acids is 3. The number of esters is 1. The molecule has 31 heavy (non-hydrogen) atoms. The molecule has 1 saturated heterocycles. The summed E-state index contributed by atoms with van der Waals surface area (Å²) in [5, 5.41) is 0.583. The van der Waals surface area contributed by atoms with Gasteiger partial charge in [-0.1, -0.05) is 23.5 Å². The molecule has 0 unspecified atom stereocenters. The Morgan fingerprint density at radius 1 is 1.29 bits per heavy atom. The molecular formula is C22H23N3O5S. The highest BCUT2D eigenvalue weighted by Crippen LogP contribution is 2.28. The number of likely N-dealkylation sites (N-methyl/N-ethyl adjacent to an activating group) is 1. The lowest BCUT2D eigenvalue weighted by molar-refractivity contribution is -0.153. The number of nitrogens with zero attached hydrogens (tertiary/aromatic N) is 3. The second kappa shape index (κ2) is 9.30. The summed E-state index contributed by atoms with van der Waals surface area (Å²) in [5.41, 5.74) is 1.29. The molecule has 3 aromatic rings. The molecule has 0 aliphatic carbocycles. The predicted molar refractivity (Wildman–Crippen MR) is 116 cm³/mol. The van der Waals surface area contributed by atoms with Gasteiger partial charge in [-0.2, -0.15) is 0 Å². The summed E-state index contributed by atoms with van der Waals surface area (Å²) in [6.07, 6.45) is 4.16. The minimum Gasteiger partial charge on any atom is -0.472 e. The second-order valence-electron chi connectivity index (χ2n) is 7.31. The Labute approximate surface area is 183 Å². The first kappa shape index (κ1) is 21.0. The Hall–Kier alpha value is -3.20. The molecule has 2 aromatic heterocycles. The topological polar surface area (TPSA) is 93.0 Å². The summed E-state index contributed by atoms with van der Waals surface area (Å²) in [7, 11) is 0. The maximum Gasteiger partial charge on any atom is 0.311 e. The monoisotopic (exact) mass is 441 g/mol. The number of hydrogen-bond acceptors (Lipinski definition) is 7. The molecule has 162 valence electrons. The summed E-state index contributed by atoms with van der Waals surface area (Å²) in [4.78, 5) is 45.4. The van der Waals surface area contributed by atoms with Crippen molar-refractivity contribution in [2.75, 3.05) is 31.1 Å². The molecule has 2 amide bonds. The summed E-state index contributed by atoms with van der Waals surface area (Å²) < 4.78 is 11.3. The Morgan fingerprint density at radius 2 is 2.13 bits per heavy atom. The van der Waals surface area contributed by atoms with E-state index in [-0.39, 0.29) is 25.0 Å². The molecular weight excluding hydrogens is 418 g/mol. The van der Waals surface area contributed by atoms with E-state index in [2.05, 4.69) is 4.98 Å². The van der Waals surface area contributed by atoms with Crippen LogP contribution in [0.5, 0.6) is 0 Å². The minimum atomic E-state index is -0.460. The lowest BCUT2D eigenvalue weighted by atomic mass is 9.98. The maximum absolute atomic E-state index is 12.7. The lowest BCUT2D eigenvalue weighted by Crippen LogP contribution is -2.43. The smallest absolute Gasteiger partial charge is 0.311 e. The quantitative estimate of drug-likeness (QED) is 0.545. The first-order chi connectivity index (χ1) is 15.1. The van der Waals surface area contributed by atoms with Gasteiger partial charge in [0.05, 0.1) is 28.0 Å². The van der Waals surface area contributed by atoms with Gasteiger partial charge in [-0.15, -0.1) is 0 Å². The SMILES string of the molecule is CCN(C(=O)COC(=O)[C@@H]1CCCN(C(=O)c2ccoc2)C1)c1nc2ccccc2s1. The Kier molecular flexibility index (Phi) is 6.31. The number of anilines is 1. The summed E-state index contributed by atoms with van der Waals surface area (Å²) in [5.74, 6) is -1.40. The van der Waals surface area contributed by atoms with Gasteiger partial charge in [0.1, 0.15) is 6.26 Å². The maximum atomic E-state index is 12.7. The van der Waals surface area contributed by atoms with Gasteiger partial charge in [-0.3, -0.25) is 19.3 Å². The summed E-state index contributed by atoms with van der Waals surface area (Å²) in [6, 6.07) is 9.28. The van der Waals surface area contributed by atoms with Gasteiger partial charge < -0.3 is 14.1 Å². The normalized spacial score (nSPS) is 16.3. The zero-order chi connectivity index (χ0) is 21.8. The van der Waals surface area contributed by atoms with Crippen LogP contribution in [0.15, 0.2) is 47.3 Å². The molecule has 4 rings (SSSR count). The third-order valence-corrected chi connectivity index (χ3v) is 6.34. The van der Waals surface area contributed by atoms with Crippen molar-refractivity contribution in [1.29, 1.82) is 0 Å². The van der Waals surface area contributed by atoms with Gasteiger partial charge in [0.25, 0.3) is 11.8 Å². The molecule has 1 atom stereocenters. The number of ether oxygens (including phenoxy) is 1. The number of benzene rings is 1. The average molecular weight is 442 g/mol. The van der Waals surface area contributed by atoms with Crippen molar-refractivity contribution < 1.29 is 23.5 Å². The molecule has 0 radical (unpaired) electrons. The molecule has 1 aromatic carbocycles. The van der Waals surface area contributed by atoms with Crippen LogP contribution in [0.2, 0.25) is 0 Å². The largest absolute Gasteiger partial charge is 0.472 e. The van der Waals surface area contributed by atoms with Gasteiger partial charge in [-0.05, 0) is 38.0 Å². The molecule has 9 heteroatoms. The van der Waals surface area contributed by atoms with Crippen LogP contribution in [0.3, 0.4) is 0 Å². The van der Waals surface area contributed by atoms with Crippen molar-refractivity contribution in [3.05, 3.63) is 48.4 Å². The molecule has 8 nitrogen and oxygen atoms in total. The molecule has 0 spiro atoms. The number of amides is 2.